The Bertz CT molecular complexity index is 1680. The number of fused-ring (bicyclic) bond motifs is 7. The molecule has 0 aliphatic rings. The highest BCUT2D eigenvalue weighted by atomic mass is 32.1. The molecule has 29 heavy (non-hydrogen) atoms. The zero-order chi connectivity index (χ0) is 18.9. The average Bonchev–Trinajstić information content (AvgIpc) is 3.43. The predicted octanol–water partition coefficient (Wildman–Crippen LogP) is 7.29. The summed E-state index contributed by atoms with van der Waals surface area (Å²) in [6.07, 6.45) is 0. The molecule has 0 saturated carbocycles. The molecule has 7 aromatic rings. The zero-order valence-corrected chi connectivity index (χ0v) is 16.1. The van der Waals surface area contributed by atoms with Crippen molar-refractivity contribution in [3.05, 3.63) is 84.9 Å². The van der Waals surface area contributed by atoms with Crippen LogP contribution in [0.15, 0.2) is 89.3 Å². The SMILES string of the molecule is c1ccc2oc(-n3c4ccccc4c4cc5c(cc43)sc3ccccc35)nc2c1. The van der Waals surface area contributed by atoms with E-state index in [1.54, 1.807) is 0 Å². The number of para-hydroxylation sites is 3. The van der Waals surface area contributed by atoms with Gasteiger partial charge in [0.15, 0.2) is 5.58 Å². The van der Waals surface area contributed by atoms with Crippen LogP contribution in [0.2, 0.25) is 0 Å². The molecular formula is C25H14N2OS. The Morgan fingerprint density at radius 3 is 2.38 bits per heavy atom. The minimum absolute atomic E-state index is 0.609. The first-order valence-corrected chi connectivity index (χ1v) is 10.4. The van der Waals surface area contributed by atoms with Crippen molar-refractivity contribution in [1.82, 2.24) is 9.55 Å². The van der Waals surface area contributed by atoms with Gasteiger partial charge in [-0.15, -0.1) is 11.3 Å². The lowest BCUT2D eigenvalue weighted by molar-refractivity contribution is 0.574. The van der Waals surface area contributed by atoms with Crippen molar-refractivity contribution in [3.63, 3.8) is 0 Å². The van der Waals surface area contributed by atoms with Gasteiger partial charge in [0, 0.05) is 30.9 Å². The maximum absolute atomic E-state index is 6.15. The molecule has 0 aliphatic carbocycles. The number of aromatic nitrogens is 2. The molecule has 7 rings (SSSR count). The number of rotatable bonds is 1. The van der Waals surface area contributed by atoms with Crippen molar-refractivity contribution in [1.29, 1.82) is 0 Å². The summed E-state index contributed by atoms with van der Waals surface area (Å²) in [5.74, 6) is 0. The van der Waals surface area contributed by atoms with Crippen molar-refractivity contribution in [2.45, 2.75) is 0 Å². The van der Waals surface area contributed by atoms with Crippen LogP contribution in [0.5, 0.6) is 0 Å². The zero-order valence-electron chi connectivity index (χ0n) is 15.3. The summed E-state index contributed by atoms with van der Waals surface area (Å²) >= 11 is 1.83. The van der Waals surface area contributed by atoms with Gasteiger partial charge in [-0.05, 0) is 36.4 Å². The molecule has 0 radical (unpaired) electrons. The van der Waals surface area contributed by atoms with E-state index >= 15 is 0 Å². The first kappa shape index (κ1) is 15.3. The van der Waals surface area contributed by atoms with E-state index in [0.717, 1.165) is 22.1 Å². The Balaban J connectivity index is 1.67. The fraction of sp³-hybridized carbons (Fsp3) is 0. The molecule has 4 heteroatoms. The van der Waals surface area contributed by atoms with Gasteiger partial charge in [-0.3, -0.25) is 4.57 Å². The van der Waals surface area contributed by atoms with Crippen molar-refractivity contribution < 1.29 is 4.42 Å². The highest BCUT2D eigenvalue weighted by molar-refractivity contribution is 7.25. The molecule has 0 bridgehead atoms. The van der Waals surface area contributed by atoms with Crippen molar-refractivity contribution in [2.75, 3.05) is 0 Å². The van der Waals surface area contributed by atoms with Crippen molar-refractivity contribution in [2.24, 2.45) is 0 Å². The molecule has 0 atom stereocenters. The van der Waals surface area contributed by atoms with Gasteiger partial charge in [0.1, 0.15) is 5.52 Å². The Kier molecular flexibility index (Phi) is 2.88. The third kappa shape index (κ3) is 2.04. The van der Waals surface area contributed by atoms with Gasteiger partial charge >= 0.3 is 6.01 Å². The molecule has 0 saturated heterocycles. The minimum atomic E-state index is 0.609. The van der Waals surface area contributed by atoms with Crippen LogP contribution in [0, 0.1) is 0 Å². The van der Waals surface area contributed by atoms with Crippen LogP contribution in [0.3, 0.4) is 0 Å². The molecule has 3 nitrogen and oxygen atoms in total. The van der Waals surface area contributed by atoms with E-state index < -0.39 is 0 Å². The highest BCUT2D eigenvalue weighted by Gasteiger charge is 2.18. The van der Waals surface area contributed by atoms with E-state index in [4.69, 9.17) is 9.40 Å². The summed E-state index contributed by atoms with van der Waals surface area (Å²) in [5, 5.41) is 5.05. The van der Waals surface area contributed by atoms with Gasteiger partial charge in [0.2, 0.25) is 0 Å². The third-order valence-electron chi connectivity index (χ3n) is 5.64. The second-order valence-electron chi connectivity index (χ2n) is 7.28. The van der Waals surface area contributed by atoms with Gasteiger partial charge in [-0.1, -0.05) is 48.5 Å². The molecule has 136 valence electrons. The van der Waals surface area contributed by atoms with Crippen LogP contribution in [0.4, 0.5) is 0 Å². The molecule has 0 unspecified atom stereocenters. The fourth-order valence-electron chi connectivity index (χ4n) is 4.35. The predicted molar refractivity (Wildman–Crippen MR) is 121 cm³/mol. The number of benzene rings is 4. The molecule has 0 amide bonds. The van der Waals surface area contributed by atoms with Crippen LogP contribution < -0.4 is 0 Å². The quantitative estimate of drug-likeness (QED) is 0.295. The van der Waals surface area contributed by atoms with Crippen LogP contribution in [0.25, 0.3) is 59.1 Å². The van der Waals surface area contributed by atoms with Crippen LogP contribution >= 0.6 is 11.3 Å². The summed E-state index contributed by atoms with van der Waals surface area (Å²) in [6.45, 7) is 0. The lowest BCUT2D eigenvalue weighted by Gasteiger charge is -2.01. The second-order valence-corrected chi connectivity index (χ2v) is 8.36. The number of nitrogens with zero attached hydrogens (tertiary/aromatic N) is 2. The van der Waals surface area contributed by atoms with Crippen molar-refractivity contribution >= 4 is 64.4 Å². The molecule has 0 N–H and O–H groups in total. The summed E-state index contributed by atoms with van der Waals surface area (Å²) in [7, 11) is 0. The van der Waals surface area contributed by atoms with E-state index in [1.165, 1.54) is 30.9 Å². The van der Waals surface area contributed by atoms with Crippen LogP contribution in [-0.4, -0.2) is 9.55 Å². The fourth-order valence-corrected chi connectivity index (χ4v) is 5.47. The van der Waals surface area contributed by atoms with Gasteiger partial charge in [0.05, 0.1) is 11.0 Å². The highest BCUT2D eigenvalue weighted by Crippen LogP contribution is 2.40. The summed E-state index contributed by atoms with van der Waals surface area (Å²) in [5.41, 5.74) is 3.90. The summed E-state index contributed by atoms with van der Waals surface area (Å²) in [4.78, 5) is 4.78. The van der Waals surface area contributed by atoms with Crippen LogP contribution in [-0.2, 0) is 0 Å². The maximum Gasteiger partial charge on any atom is 0.307 e. The van der Waals surface area contributed by atoms with Gasteiger partial charge in [0.25, 0.3) is 0 Å². The van der Waals surface area contributed by atoms with Gasteiger partial charge in [-0.2, -0.15) is 4.98 Å². The molecule has 0 aliphatic heterocycles. The largest absolute Gasteiger partial charge is 0.423 e. The van der Waals surface area contributed by atoms with Crippen molar-refractivity contribution in [3.8, 4) is 6.01 Å². The van der Waals surface area contributed by atoms with E-state index in [1.807, 2.05) is 35.6 Å². The van der Waals surface area contributed by atoms with Crippen LogP contribution in [0.1, 0.15) is 0 Å². The molecule has 3 heterocycles. The first-order valence-electron chi connectivity index (χ1n) is 9.57. The maximum atomic E-state index is 6.15. The number of hydrogen-bond donors (Lipinski definition) is 0. The lowest BCUT2D eigenvalue weighted by Crippen LogP contribution is -1.93. The molecule has 3 aromatic heterocycles. The topological polar surface area (TPSA) is 31.0 Å². The van der Waals surface area contributed by atoms with Gasteiger partial charge in [-0.25, -0.2) is 0 Å². The lowest BCUT2D eigenvalue weighted by atomic mass is 10.1. The first-order chi connectivity index (χ1) is 14.4. The Morgan fingerprint density at radius 1 is 0.655 bits per heavy atom. The molecule has 4 aromatic carbocycles. The summed E-state index contributed by atoms with van der Waals surface area (Å²) < 4.78 is 10.9. The normalized spacial score (nSPS) is 12.1. The Hall–Kier alpha value is -3.63. The monoisotopic (exact) mass is 390 g/mol. The van der Waals surface area contributed by atoms with E-state index in [2.05, 4.69) is 65.2 Å². The second kappa shape index (κ2) is 5.46. The number of thiophene rings is 1. The molecule has 0 fully saturated rings. The minimum Gasteiger partial charge on any atom is -0.423 e. The molecular weight excluding hydrogens is 376 g/mol. The van der Waals surface area contributed by atoms with Gasteiger partial charge < -0.3 is 4.42 Å². The Morgan fingerprint density at radius 2 is 1.45 bits per heavy atom. The molecule has 0 spiro atoms. The van der Waals surface area contributed by atoms with E-state index in [0.29, 0.717) is 6.01 Å². The summed E-state index contributed by atoms with van der Waals surface area (Å²) in [6, 6.07) is 30.2. The average molecular weight is 390 g/mol. The Labute approximate surface area is 169 Å². The van der Waals surface area contributed by atoms with E-state index in [-0.39, 0.29) is 0 Å². The number of oxazole rings is 1. The standard InChI is InChI=1S/C25H14N2OS/c1-4-10-20-15(7-1)17-13-18-16-8-2-6-12-23(16)29-24(18)14-21(17)27(20)25-26-19-9-3-5-11-22(19)28-25/h1-14H. The number of hydrogen-bond acceptors (Lipinski definition) is 3. The third-order valence-corrected chi connectivity index (χ3v) is 6.78. The van der Waals surface area contributed by atoms with E-state index in [9.17, 15) is 0 Å². The smallest absolute Gasteiger partial charge is 0.307 e.